The number of hydrogen-bond donors (Lipinski definition) is 2. The predicted molar refractivity (Wildman–Crippen MR) is 78.7 cm³/mol. The Bertz CT molecular complexity index is 633. The summed E-state index contributed by atoms with van der Waals surface area (Å²) in [6.45, 7) is 1.82. The molecular weight excluding hydrogens is 278 g/mol. The fourth-order valence-corrected chi connectivity index (χ4v) is 2.50. The Morgan fingerprint density at radius 2 is 2.15 bits per heavy atom. The zero-order valence-electron chi connectivity index (χ0n) is 11.3. The molecule has 1 saturated heterocycles. The highest BCUT2D eigenvalue weighted by atomic mass is 35.5. The number of aryl methyl sites for hydroxylation is 1. The molecule has 0 aromatic carbocycles. The Balaban J connectivity index is 1.93. The minimum atomic E-state index is 0.241. The predicted octanol–water partition coefficient (Wildman–Crippen LogP) is 0.521. The molecule has 0 amide bonds. The van der Waals surface area contributed by atoms with Gasteiger partial charge in [-0.1, -0.05) is 11.6 Å². The van der Waals surface area contributed by atoms with Crippen LogP contribution in [0.5, 0.6) is 0 Å². The van der Waals surface area contributed by atoms with Gasteiger partial charge in [0.05, 0.1) is 11.3 Å². The van der Waals surface area contributed by atoms with Gasteiger partial charge >= 0.3 is 0 Å². The fourth-order valence-electron chi connectivity index (χ4n) is 2.23. The van der Waals surface area contributed by atoms with Crippen LogP contribution in [0.2, 0.25) is 5.15 Å². The van der Waals surface area contributed by atoms with E-state index in [1.54, 1.807) is 4.68 Å². The number of nitrogens with one attached hydrogen (secondary N) is 1. The minimum absolute atomic E-state index is 0.241. The van der Waals surface area contributed by atoms with Crippen LogP contribution in [0.1, 0.15) is 0 Å². The summed E-state index contributed by atoms with van der Waals surface area (Å²) in [5, 5.41) is 7.74. The molecule has 20 heavy (non-hydrogen) atoms. The molecular formula is C12H16ClN7. The number of nitrogens with zero attached hydrogens (tertiary/aromatic N) is 5. The molecule has 2 aromatic heterocycles. The maximum Gasteiger partial charge on any atom is 0.222 e. The topological polar surface area (TPSA) is 84.9 Å². The van der Waals surface area contributed by atoms with Crippen molar-refractivity contribution < 1.29 is 0 Å². The smallest absolute Gasteiger partial charge is 0.222 e. The van der Waals surface area contributed by atoms with Crippen LogP contribution in [0.3, 0.4) is 0 Å². The van der Waals surface area contributed by atoms with Crippen LogP contribution in [0.4, 0.5) is 11.8 Å². The van der Waals surface area contributed by atoms with Crippen LogP contribution >= 0.6 is 11.6 Å². The molecule has 1 aliphatic heterocycles. The summed E-state index contributed by atoms with van der Waals surface area (Å²) in [5.74, 6) is 1.06. The van der Waals surface area contributed by atoms with Gasteiger partial charge in [0, 0.05) is 38.4 Å². The summed E-state index contributed by atoms with van der Waals surface area (Å²) in [4.78, 5) is 10.7. The maximum atomic E-state index is 6.10. The molecule has 3 heterocycles. The van der Waals surface area contributed by atoms with Crippen LogP contribution in [0.25, 0.3) is 11.3 Å². The first kappa shape index (κ1) is 13.1. The van der Waals surface area contributed by atoms with Gasteiger partial charge in [-0.05, 0) is 7.05 Å². The largest absolute Gasteiger partial charge is 0.368 e. The molecule has 0 spiro atoms. The van der Waals surface area contributed by atoms with E-state index >= 15 is 0 Å². The van der Waals surface area contributed by atoms with E-state index in [9.17, 15) is 0 Å². The highest BCUT2D eigenvalue weighted by molar-refractivity contribution is 6.32. The standard InChI is InChI=1S/C12H16ClN7/c1-15-7-4-20(5-7)10-3-9(16-12(14)17-10)8-6-19(2)18-11(8)13/h3,6-7,15H,4-5H2,1-2H3,(H2,14,16,17). The minimum Gasteiger partial charge on any atom is -0.368 e. The number of halogens is 1. The Hall–Kier alpha value is -1.86. The van der Waals surface area contributed by atoms with Gasteiger partial charge in [-0.3, -0.25) is 4.68 Å². The summed E-state index contributed by atoms with van der Waals surface area (Å²) >= 11 is 6.10. The highest BCUT2D eigenvalue weighted by Gasteiger charge is 2.27. The van der Waals surface area contributed by atoms with Crippen molar-refractivity contribution in [2.45, 2.75) is 6.04 Å². The molecule has 2 aromatic rings. The molecule has 1 fully saturated rings. The van der Waals surface area contributed by atoms with Gasteiger partial charge in [0.25, 0.3) is 0 Å². The molecule has 3 rings (SSSR count). The van der Waals surface area contributed by atoms with E-state index in [0.29, 0.717) is 16.9 Å². The van der Waals surface area contributed by atoms with Crippen molar-refractivity contribution in [1.82, 2.24) is 25.1 Å². The van der Waals surface area contributed by atoms with Crippen molar-refractivity contribution in [3.63, 3.8) is 0 Å². The van der Waals surface area contributed by atoms with Crippen molar-refractivity contribution in [3.8, 4) is 11.3 Å². The van der Waals surface area contributed by atoms with E-state index in [0.717, 1.165) is 24.5 Å². The molecule has 1 aliphatic rings. The quantitative estimate of drug-likeness (QED) is 0.858. The number of hydrogen-bond acceptors (Lipinski definition) is 6. The SMILES string of the molecule is CNC1CN(c2cc(-c3cn(C)nc3Cl)nc(N)n2)C1. The van der Waals surface area contributed by atoms with Gasteiger partial charge in [0.15, 0.2) is 5.15 Å². The van der Waals surface area contributed by atoms with E-state index < -0.39 is 0 Å². The average molecular weight is 294 g/mol. The van der Waals surface area contributed by atoms with Gasteiger partial charge in [0.2, 0.25) is 5.95 Å². The molecule has 7 nitrogen and oxygen atoms in total. The third kappa shape index (κ3) is 2.30. The maximum absolute atomic E-state index is 6.10. The zero-order chi connectivity index (χ0) is 14.3. The zero-order valence-corrected chi connectivity index (χ0v) is 12.1. The summed E-state index contributed by atoms with van der Waals surface area (Å²) < 4.78 is 1.65. The van der Waals surface area contributed by atoms with E-state index in [-0.39, 0.29) is 5.95 Å². The number of nitrogen functional groups attached to an aromatic ring is 1. The van der Waals surface area contributed by atoms with Crippen molar-refractivity contribution in [2.24, 2.45) is 7.05 Å². The van der Waals surface area contributed by atoms with Crippen molar-refractivity contribution in [3.05, 3.63) is 17.4 Å². The number of aromatic nitrogens is 4. The van der Waals surface area contributed by atoms with Crippen LogP contribution in [-0.2, 0) is 7.05 Å². The van der Waals surface area contributed by atoms with E-state index in [1.807, 2.05) is 26.4 Å². The van der Waals surface area contributed by atoms with Crippen molar-refractivity contribution in [1.29, 1.82) is 0 Å². The lowest BCUT2D eigenvalue weighted by Gasteiger charge is -2.40. The summed E-state index contributed by atoms with van der Waals surface area (Å²) in [7, 11) is 3.77. The van der Waals surface area contributed by atoms with Crippen LogP contribution in [-0.4, -0.2) is 45.9 Å². The van der Waals surface area contributed by atoms with Crippen LogP contribution in [0, 0.1) is 0 Å². The molecule has 0 bridgehead atoms. The van der Waals surface area contributed by atoms with Gasteiger partial charge in [0.1, 0.15) is 5.82 Å². The number of nitrogens with two attached hydrogens (primary N) is 1. The molecule has 106 valence electrons. The van der Waals surface area contributed by atoms with Crippen molar-refractivity contribution >= 4 is 23.4 Å². The lowest BCUT2D eigenvalue weighted by Crippen LogP contribution is -2.57. The Labute approximate surface area is 121 Å². The van der Waals surface area contributed by atoms with E-state index in [4.69, 9.17) is 17.3 Å². The van der Waals surface area contributed by atoms with Crippen LogP contribution < -0.4 is 16.0 Å². The molecule has 8 heteroatoms. The fraction of sp³-hybridized carbons (Fsp3) is 0.417. The van der Waals surface area contributed by atoms with Gasteiger partial charge in [-0.15, -0.1) is 0 Å². The Morgan fingerprint density at radius 3 is 2.75 bits per heavy atom. The first-order valence-corrected chi connectivity index (χ1v) is 6.71. The third-order valence-corrected chi connectivity index (χ3v) is 3.68. The van der Waals surface area contributed by atoms with Crippen LogP contribution in [0.15, 0.2) is 12.3 Å². The summed E-state index contributed by atoms with van der Waals surface area (Å²) in [6.07, 6.45) is 1.82. The third-order valence-electron chi connectivity index (χ3n) is 3.40. The van der Waals surface area contributed by atoms with E-state index in [1.165, 1.54) is 0 Å². The molecule has 0 aliphatic carbocycles. The van der Waals surface area contributed by atoms with Gasteiger partial charge < -0.3 is 16.0 Å². The first-order valence-electron chi connectivity index (χ1n) is 6.33. The second-order valence-corrected chi connectivity index (χ2v) is 5.23. The normalized spacial score (nSPS) is 15.4. The first-order chi connectivity index (χ1) is 9.56. The second-order valence-electron chi connectivity index (χ2n) is 4.87. The van der Waals surface area contributed by atoms with Gasteiger partial charge in [-0.25, -0.2) is 4.98 Å². The van der Waals surface area contributed by atoms with Gasteiger partial charge in [-0.2, -0.15) is 10.1 Å². The average Bonchev–Trinajstić information content (AvgIpc) is 2.66. The highest BCUT2D eigenvalue weighted by Crippen LogP contribution is 2.29. The molecule has 0 radical (unpaired) electrons. The lowest BCUT2D eigenvalue weighted by molar-refractivity contribution is 0.447. The molecule has 0 saturated carbocycles. The number of likely N-dealkylation sites (N-methyl/N-ethyl adjacent to an activating group) is 1. The molecule has 3 N–H and O–H groups in total. The summed E-state index contributed by atoms with van der Waals surface area (Å²) in [5.41, 5.74) is 7.26. The number of anilines is 2. The second kappa shape index (κ2) is 4.92. The Kier molecular flexibility index (Phi) is 3.23. The lowest BCUT2D eigenvalue weighted by atomic mass is 10.1. The summed E-state index contributed by atoms with van der Waals surface area (Å²) in [6, 6.07) is 2.39. The molecule has 0 atom stereocenters. The molecule has 0 unspecified atom stereocenters. The van der Waals surface area contributed by atoms with E-state index in [2.05, 4.69) is 25.3 Å². The number of rotatable bonds is 3. The Morgan fingerprint density at radius 1 is 1.40 bits per heavy atom. The monoisotopic (exact) mass is 293 g/mol. The van der Waals surface area contributed by atoms with Crippen molar-refractivity contribution in [2.75, 3.05) is 30.8 Å².